The Hall–Kier alpha value is -4.12. The van der Waals surface area contributed by atoms with Crippen LogP contribution in [0.5, 0.6) is 0 Å². The number of nitriles is 1. The molecule has 0 aliphatic heterocycles. The summed E-state index contributed by atoms with van der Waals surface area (Å²) >= 11 is 0. The lowest BCUT2D eigenvalue weighted by atomic mass is 9.89. The molecule has 3 nitrogen and oxygen atoms in total. The standard InChI is InChI=1S/C41H49N3/c1-9-13-33-16-17-34-18-19-35(26-37(34)25-33)41-39(11-3)40(43-44(41)38-21-20-36(27-42)30(7)24-38)31(8)23-29(6)14-12-15-32(10-2)22-28(4)5/h11,16,18-21,23-26,28,32-33H,3,8-10,12-15,22H2,1-2,4-7H3. The van der Waals surface area contributed by atoms with E-state index in [-0.39, 0.29) is 0 Å². The van der Waals surface area contributed by atoms with Gasteiger partial charge in [0.2, 0.25) is 0 Å². The number of allylic oxidation sites excluding steroid dienone is 4. The van der Waals surface area contributed by atoms with E-state index in [1.807, 2.05) is 35.9 Å². The fourth-order valence-corrected chi connectivity index (χ4v) is 6.45. The number of hydrogen-bond donors (Lipinski definition) is 0. The fraction of sp³-hybridized carbons (Fsp3) is 0.390. The number of rotatable bonds is 14. The minimum atomic E-state index is 0.397. The predicted octanol–water partition coefficient (Wildman–Crippen LogP) is 9.71. The molecule has 3 aromatic rings. The Morgan fingerprint density at radius 3 is 2.64 bits per heavy atom. The lowest BCUT2D eigenvalue weighted by Crippen LogP contribution is -2.26. The maximum atomic E-state index is 9.56. The first-order valence-corrected chi connectivity index (χ1v) is 16.4. The number of fused-ring (bicyclic) bond motifs is 1. The Morgan fingerprint density at radius 2 is 1.98 bits per heavy atom. The third-order valence-electron chi connectivity index (χ3n) is 8.79. The highest BCUT2D eigenvalue weighted by atomic mass is 15.3. The molecule has 0 radical (unpaired) electrons. The number of hydrogen-bond acceptors (Lipinski definition) is 2. The van der Waals surface area contributed by atoms with Gasteiger partial charge in [0.25, 0.3) is 0 Å². The van der Waals surface area contributed by atoms with Crippen LogP contribution >= 0.6 is 0 Å². The lowest BCUT2D eigenvalue weighted by molar-refractivity contribution is 0.368. The van der Waals surface area contributed by atoms with Gasteiger partial charge in [-0.3, -0.25) is 0 Å². The first kappa shape index (κ1) is 32.8. The van der Waals surface area contributed by atoms with Crippen molar-refractivity contribution in [3.63, 3.8) is 0 Å². The summed E-state index contributed by atoms with van der Waals surface area (Å²) in [6, 6.07) is 14.7. The van der Waals surface area contributed by atoms with Crippen molar-refractivity contribution >= 4 is 23.5 Å². The summed E-state index contributed by atoms with van der Waals surface area (Å²) in [5, 5.41) is 17.0. The third kappa shape index (κ3) is 7.68. The van der Waals surface area contributed by atoms with E-state index in [9.17, 15) is 5.26 Å². The van der Waals surface area contributed by atoms with E-state index in [1.165, 1.54) is 36.5 Å². The lowest BCUT2D eigenvalue weighted by Gasteiger charge is -2.17. The van der Waals surface area contributed by atoms with Gasteiger partial charge in [0.1, 0.15) is 0 Å². The summed E-state index contributed by atoms with van der Waals surface area (Å²) in [7, 11) is 0. The zero-order chi connectivity index (χ0) is 31.8. The molecule has 1 aliphatic rings. The van der Waals surface area contributed by atoms with Gasteiger partial charge in [-0.1, -0.05) is 90.0 Å². The predicted molar refractivity (Wildman–Crippen MR) is 189 cm³/mol. The quantitative estimate of drug-likeness (QED) is 0.177. The van der Waals surface area contributed by atoms with E-state index in [0.717, 1.165) is 75.7 Å². The Bertz CT molecular complexity index is 1750. The highest BCUT2D eigenvalue weighted by Gasteiger charge is 2.21. The van der Waals surface area contributed by atoms with Crippen LogP contribution < -0.4 is 10.4 Å². The zero-order valence-corrected chi connectivity index (χ0v) is 27.7. The molecule has 0 spiro atoms. The van der Waals surface area contributed by atoms with Gasteiger partial charge in [-0.25, -0.2) is 4.68 Å². The highest BCUT2D eigenvalue weighted by molar-refractivity contribution is 5.85. The van der Waals surface area contributed by atoms with Gasteiger partial charge in [0, 0.05) is 22.3 Å². The molecule has 228 valence electrons. The van der Waals surface area contributed by atoms with Crippen LogP contribution in [0, 0.1) is 36.0 Å². The number of aryl methyl sites for hydroxylation is 1. The highest BCUT2D eigenvalue weighted by Crippen LogP contribution is 2.34. The zero-order valence-electron chi connectivity index (χ0n) is 27.7. The molecule has 2 unspecified atom stereocenters. The average Bonchev–Trinajstić information content (AvgIpc) is 3.40. The molecular formula is C41H49N3. The van der Waals surface area contributed by atoms with Gasteiger partial charge in [0.05, 0.1) is 28.7 Å². The molecule has 0 amide bonds. The molecule has 3 heteroatoms. The second-order valence-corrected chi connectivity index (χ2v) is 12.9. The summed E-state index contributed by atoms with van der Waals surface area (Å²) in [5.74, 6) is 1.94. The van der Waals surface area contributed by atoms with Crippen LogP contribution in [0.15, 0.2) is 67.3 Å². The van der Waals surface area contributed by atoms with Crippen LogP contribution in [-0.2, 0) is 0 Å². The first-order valence-electron chi connectivity index (χ1n) is 16.4. The first-order chi connectivity index (χ1) is 21.2. The summed E-state index contributed by atoms with van der Waals surface area (Å²) in [6.45, 7) is 22.1. The van der Waals surface area contributed by atoms with Gasteiger partial charge in [0.15, 0.2) is 0 Å². The molecule has 0 bridgehead atoms. The van der Waals surface area contributed by atoms with Gasteiger partial charge in [-0.2, -0.15) is 10.4 Å². The normalized spacial score (nSPS) is 14.9. The van der Waals surface area contributed by atoms with E-state index < -0.39 is 0 Å². The minimum Gasteiger partial charge on any atom is -0.232 e. The number of benzene rings is 2. The molecule has 2 atom stereocenters. The topological polar surface area (TPSA) is 41.6 Å². The molecule has 1 aliphatic carbocycles. The fourth-order valence-electron chi connectivity index (χ4n) is 6.45. The maximum absolute atomic E-state index is 9.56. The second kappa shape index (κ2) is 15.1. The maximum Gasteiger partial charge on any atom is 0.1000 e. The Balaban J connectivity index is 1.77. The van der Waals surface area contributed by atoms with E-state index in [1.54, 1.807) is 0 Å². The Kier molecular flexibility index (Phi) is 11.2. The summed E-state index contributed by atoms with van der Waals surface area (Å²) < 4.78 is 2.00. The van der Waals surface area contributed by atoms with Crippen LogP contribution in [0.25, 0.3) is 40.4 Å². The van der Waals surface area contributed by atoms with Crippen molar-refractivity contribution in [2.75, 3.05) is 0 Å². The molecule has 1 aromatic heterocycles. The summed E-state index contributed by atoms with van der Waals surface area (Å²) in [6.07, 6.45) is 17.0. The van der Waals surface area contributed by atoms with Crippen LogP contribution in [0.3, 0.4) is 0 Å². The summed E-state index contributed by atoms with van der Waals surface area (Å²) in [4.78, 5) is 0. The van der Waals surface area contributed by atoms with E-state index >= 15 is 0 Å². The van der Waals surface area contributed by atoms with Gasteiger partial charge in [-0.15, -0.1) is 5.73 Å². The molecule has 0 fully saturated rings. The van der Waals surface area contributed by atoms with Gasteiger partial charge < -0.3 is 0 Å². The van der Waals surface area contributed by atoms with Gasteiger partial charge in [-0.05, 0) is 104 Å². The monoisotopic (exact) mass is 583 g/mol. The Labute approximate surface area is 265 Å². The van der Waals surface area contributed by atoms with E-state index in [0.29, 0.717) is 11.5 Å². The van der Waals surface area contributed by atoms with Crippen LogP contribution in [0.1, 0.15) is 102 Å². The van der Waals surface area contributed by atoms with Crippen molar-refractivity contribution in [2.45, 2.75) is 86.5 Å². The van der Waals surface area contributed by atoms with Crippen LogP contribution in [0.4, 0.5) is 0 Å². The minimum absolute atomic E-state index is 0.397. The molecule has 0 N–H and O–H groups in total. The largest absolute Gasteiger partial charge is 0.232 e. The molecule has 44 heavy (non-hydrogen) atoms. The van der Waals surface area contributed by atoms with Gasteiger partial charge >= 0.3 is 0 Å². The molecular weight excluding hydrogens is 534 g/mol. The molecule has 2 aromatic carbocycles. The van der Waals surface area contributed by atoms with Crippen LogP contribution in [0.2, 0.25) is 0 Å². The smallest absolute Gasteiger partial charge is 0.1000 e. The molecule has 0 saturated carbocycles. The Morgan fingerprint density at radius 1 is 1.18 bits per heavy atom. The average molecular weight is 584 g/mol. The van der Waals surface area contributed by atoms with E-state index in [4.69, 9.17) is 5.10 Å². The van der Waals surface area contributed by atoms with E-state index in [2.05, 4.69) is 96.0 Å². The van der Waals surface area contributed by atoms with Crippen molar-refractivity contribution in [1.82, 2.24) is 9.78 Å². The van der Waals surface area contributed by atoms with Crippen molar-refractivity contribution in [2.24, 2.45) is 17.8 Å². The van der Waals surface area contributed by atoms with Crippen molar-refractivity contribution in [1.29, 1.82) is 5.26 Å². The molecule has 4 rings (SSSR count). The van der Waals surface area contributed by atoms with Crippen molar-refractivity contribution in [3.05, 3.63) is 100 Å². The molecule has 1 heterocycles. The summed E-state index contributed by atoms with van der Waals surface area (Å²) in [5.41, 5.74) is 12.1. The number of nitrogens with zero attached hydrogens (tertiary/aromatic N) is 3. The number of aromatic nitrogens is 2. The van der Waals surface area contributed by atoms with Crippen molar-refractivity contribution in [3.8, 4) is 23.0 Å². The third-order valence-corrected chi connectivity index (χ3v) is 8.79. The SMILES string of the molecule is C=Cc1c(C(=C)C=C(C)CCCC(CC)CC(C)C)nn(-c2ccc(C#N)c(C)c2)c1-c1ccc2c(c1)=CC(CCC)C=C=2. The van der Waals surface area contributed by atoms with Crippen molar-refractivity contribution < 1.29 is 0 Å². The second-order valence-electron chi connectivity index (χ2n) is 12.9. The molecule has 0 saturated heterocycles. The van der Waals surface area contributed by atoms with Crippen LogP contribution in [-0.4, -0.2) is 9.78 Å².